The van der Waals surface area contributed by atoms with E-state index in [1.165, 1.54) is 5.69 Å². The Morgan fingerprint density at radius 3 is 2.33 bits per heavy atom. The minimum Gasteiger partial charge on any atom is -0.457 e. The predicted octanol–water partition coefficient (Wildman–Crippen LogP) is 2.70. The Morgan fingerprint density at radius 1 is 1.00 bits per heavy atom. The smallest absolute Gasteiger partial charge is 0.338 e. The van der Waals surface area contributed by atoms with E-state index < -0.39 is 0 Å². The second kappa shape index (κ2) is 6.65. The molecule has 0 amide bonds. The molecule has 0 bridgehead atoms. The van der Waals surface area contributed by atoms with E-state index in [-0.39, 0.29) is 5.97 Å². The van der Waals surface area contributed by atoms with Crippen LogP contribution in [0.15, 0.2) is 54.6 Å². The summed E-state index contributed by atoms with van der Waals surface area (Å²) in [6.07, 6.45) is 0. The summed E-state index contributed by atoms with van der Waals surface area (Å²) in [5.41, 5.74) is 2.81. The second-order valence-corrected chi connectivity index (χ2v) is 6.69. The van der Waals surface area contributed by atoms with Crippen LogP contribution in [0.25, 0.3) is 0 Å². The molecule has 0 spiro atoms. The van der Waals surface area contributed by atoms with Crippen LogP contribution in [0.2, 0.25) is 0 Å². The monoisotopic (exact) mass is 322 g/mol. The second-order valence-electron chi connectivity index (χ2n) is 6.69. The molecule has 2 saturated heterocycles. The van der Waals surface area contributed by atoms with Crippen molar-refractivity contribution >= 4 is 11.7 Å². The average Bonchev–Trinajstić information content (AvgIpc) is 3.23. The van der Waals surface area contributed by atoms with Gasteiger partial charge in [0.1, 0.15) is 6.61 Å². The van der Waals surface area contributed by atoms with Crippen LogP contribution in [0.3, 0.4) is 0 Å². The van der Waals surface area contributed by atoms with Gasteiger partial charge in [0.05, 0.1) is 5.56 Å². The van der Waals surface area contributed by atoms with Crippen molar-refractivity contribution in [2.24, 2.45) is 11.8 Å². The highest BCUT2D eigenvalue weighted by molar-refractivity contribution is 5.89. The number of benzene rings is 2. The van der Waals surface area contributed by atoms with Gasteiger partial charge in [-0.05, 0) is 41.7 Å². The predicted molar refractivity (Wildman–Crippen MR) is 94.1 cm³/mol. The highest BCUT2D eigenvalue weighted by Crippen LogP contribution is 2.30. The molecule has 2 atom stereocenters. The standard InChI is InChI=1S/C20H22N2O2/c23-20(24-14-15-4-2-1-3-5-15)16-6-8-19(9-7-16)22-12-17-10-21-11-18(17)13-22/h1-9,17-18,21H,10-14H2. The van der Waals surface area contributed by atoms with E-state index in [2.05, 4.69) is 10.2 Å². The van der Waals surface area contributed by atoms with E-state index >= 15 is 0 Å². The quantitative estimate of drug-likeness (QED) is 0.879. The molecular formula is C20H22N2O2. The topological polar surface area (TPSA) is 41.6 Å². The van der Waals surface area contributed by atoms with Crippen molar-refractivity contribution in [3.8, 4) is 0 Å². The van der Waals surface area contributed by atoms with Gasteiger partial charge in [0.15, 0.2) is 0 Å². The molecule has 2 aliphatic rings. The molecule has 2 heterocycles. The van der Waals surface area contributed by atoms with E-state index in [4.69, 9.17) is 4.74 Å². The van der Waals surface area contributed by atoms with E-state index in [9.17, 15) is 4.79 Å². The number of nitrogens with zero attached hydrogens (tertiary/aromatic N) is 1. The number of hydrogen-bond acceptors (Lipinski definition) is 4. The summed E-state index contributed by atoms with van der Waals surface area (Å²) in [6, 6.07) is 17.6. The molecule has 0 radical (unpaired) electrons. The van der Waals surface area contributed by atoms with Crippen molar-refractivity contribution in [2.75, 3.05) is 31.1 Å². The van der Waals surface area contributed by atoms with Crippen LogP contribution in [-0.2, 0) is 11.3 Å². The van der Waals surface area contributed by atoms with E-state index in [0.29, 0.717) is 12.2 Å². The van der Waals surface area contributed by atoms with E-state index in [1.54, 1.807) is 0 Å². The number of ether oxygens (including phenoxy) is 1. The fourth-order valence-corrected chi connectivity index (χ4v) is 3.68. The van der Waals surface area contributed by atoms with Crippen LogP contribution in [0, 0.1) is 11.8 Å². The first-order valence-corrected chi connectivity index (χ1v) is 8.56. The van der Waals surface area contributed by atoms with Gasteiger partial charge in [-0.25, -0.2) is 4.79 Å². The average molecular weight is 322 g/mol. The van der Waals surface area contributed by atoms with Crippen LogP contribution in [0.1, 0.15) is 15.9 Å². The maximum absolute atomic E-state index is 12.2. The Labute approximate surface area is 142 Å². The zero-order valence-electron chi connectivity index (χ0n) is 13.7. The van der Waals surface area contributed by atoms with E-state index in [0.717, 1.165) is 43.6 Å². The zero-order chi connectivity index (χ0) is 16.4. The number of carbonyl (C=O) groups is 1. The molecule has 2 unspecified atom stereocenters. The highest BCUT2D eigenvalue weighted by Gasteiger charge is 2.36. The number of esters is 1. The highest BCUT2D eigenvalue weighted by atomic mass is 16.5. The molecule has 2 aromatic rings. The largest absolute Gasteiger partial charge is 0.457 e. The first kappa shape index (κ1) is 15.2. The third-order valence-electron chi connectivity index (χ3n) is 5.07. The Bertz CT molecular complexity index is 687. The van der Waals surface area contributed by atoms with Gasteiger partial charge in [0, 0.05) is 31.9 Å². The molecule has 4 nitrogen and oxygen atoms in total. The Hall–Kier alpha value is -2.33. The van der Waals surface area contributed by atoms with Crippen molar-refractivity contribution in [1.82, 2.24) is 5.32 Å². The van der Waals surface area contributed by atoms with Crippen molar-refractivity contribution < 1.29 is 9.53 Å². The third-order valence-corrected chi connectivity index (χ3v) is 5.07. The molecule has 4 heteroatoms. The van der Waals surface area contributed by atoms with Gasteiger partial charge in [-0.15, -0.1) is 0 Å². The molecule has 1 N–H and O–H groups in total. The first-order valence-electron chi connectivity index (χ1n) is 8.56. The summed E-state index contributed by atoms with van der Waals surface area (Å²) in [5.74, 6) is 1.26. The molecule has 2 aliphatic heterocycles. The van der Waals surface area contributed by atoms with Crippen molar-refractivity contribution in [2.45, 2.75) is 6.61 Å². The van der Waals surface area contributed by atoms with Crippen molar-refractivity contribution in [1.29, 1.82) is 0 Å². The van der Waals surface area contributed by atoms with Gasteiger partial charge in [0.25, 0.3) is 0 Å². The maximum Gasteiger partial charge on any atom is 0.338 e. The molecule has 2 aromatic carbocycles. The van der Waals surface area contributed by atoms with Crippen molar-refractivity contribution in [3.63, 3.8) is 0 Å². The lowest BCUT2D eigenvalue weighted by atomic mass is 10.0. The molecule has 24 heavy (non-hydrogen) atoms. The Kier molecular flexibility index (Phi) is 4.22. The number of nitrogens with one attached hydrogen (secondary N) is 1. The van der Waals surface area contributed by atoms with Gasteiger partial charge in [0.2, 0.25) is 0 Å². The lowest BCUT2D eigenvalue weighted by molar-refractivity contribution is 0.0473. The molecule has 2 fully saturated rings. The number of rotatable bonds is 4. The summed E-state index contributed by atoms with van der Waals surface area (Å²) in [5, 5.41) is 3.46. The van der Waals surface area contributed by atoms with Gasteiger partial charge >= 0.3 is 5.97 Å². The summed E-state index contributed by atoms with van der Waals surface area (Å²) in [4.78, 5) is 14.6. The molecule has 124 valence electrons. The minimum absolute atomic E-state index is 0.270. The molecule has 4 rings (SSSR count). The number of fused-ring (bicyclic) bond motifs is 1. The zero-order valence-corrected chi connectivity index (χ0v) is 13.7. The first-order chi connectivity index (χ1) is 11.8. The van der Waals surface area contributed by atoms with Gasteiger partial charge < -0.3 is 15.0 Å². The van der Waals surface area contributed by atoms with Crippen LogP contribution >= 0.6 is 0 Å². The summed E-state index contributed by atoms with van der Waals surface area (Å²) in [6.45, 7) is 4.78. The lowest BCUT2D eigenvalue weighted by Crippen LogP contribution is -2.25. The SMILES string of the molecule is O=C(OCc1ccccc1)c1ccc(N2CC3CNCC3C2)cc1. The lowest BCUT2D eigenvalue weighted by Gasteiger charge is -2.20. The number of anilines is 1. The van der Waals surface area contributed by atoms with Crippen LogP contribution in [-0.4, -0.2) is 32.1 Å². The normalized spacial score (nSPS) is 22.4. The number of carbonyl (C=O) groups excluding carboxylic acids is 1. The fourth-order valence-electron chi connectivity index (χ4n) is 3.68. The molecule has 0 aliphatic carbocycles. The minimum atomic E-state index is -0.270. The van der Waals surface area contributed by atoms with Crippen LogP contribution in [0.5, 0.6) is 0 Å². The van der Waals surface area contributed by atoms with Crippen LogP contribution < -0.4 is 10.2 Å². The molecular weight excluding hydrogens is 300 g/mol. The fraction of sp³-hybridized carbons (Fsp3) is 0.350. The summed E-state index contributed by atoms with van der Waals surface area (Å²) in [7, 11) is 0. The Morgan fingerprint density at radius 2 is 1.67 bits per heavy atom. The maximum atomic E-state index is 12.2. The van der Waals surface area contributed by atoms with Crippen LogP contribution in [0.4, 0.5) is 5.69 Å². The third kappa shape index (κ3) is 3.15. The molecule has 0 aromatic heterocycles. The summed E-state index contributed by atoms with van der Waals surface area (Å²) < 4.78 is 5.38. The van der Waals surface area contributed by atoms with Gasteiger partial charge in [-0.3, -0.25) is 0 Å². The Balaban J connectivity index is 1.36. The van der Waals surface area contributed by atoms with Gasteiger partial charge in [-0.1, -0.05) is 30.3 Å². The van der Waals surface area contributed by atoms with Gasteiger partial charge in [-0.2, -0.15) is 0 Å². The number of hydrogen-bond donors (Lipinski definition) is 1. The van der Waals surface area contributed by atoms with Crippen molar-refractivity contribution in [3.05, 3.63) is 65.7 Å². The summed E-state index contributed by atoms with van der Waals surface area (Å²) >= 11 is 0. The van der Waals surface area contributed by atoms with E-state index in [1.807, 2.05) is 54.6 Å². The molecule has 0 saturated carbocycles.